The van der Waals surface area contributed by atoms with Gasteiger partial charge in [-0.2, -0.15) is 0 Å². The second-order valence-corrected chi connectivity index (χ2v) is 6.70. The van der Waals surface area contributed by atoms with E-state index in [2.05, 4.69) is 5.32 Å². The second-order valence-electron chi connectivity index (χ2n) is 6.70. The molecule has 1 N–H and O–H groups in total. The lowest BCUT2D eigenvalue weighted by Gasteiger charge is -2.13. The Morgan fingerprint density at radius 1 is 0.926 bits per heavy atom. The fraction of sp³-hybridized carbons (Fsp3) is 0.364. The summed E-state index contributed by atoms with van der Waals surface area (Å²) in [5, 5.41) is 2.76. The van der Waals surface area contributed by atoms with E-state index in [4.69, 9.17) is 9.47 Å². The van der Waals surface area contributed by atoms with Gasteiger partial charge in [-0.05, 0) is 56.4 Å². The number of hydrogen-bond acceptors (Lipinski definition) is 4. The summed E-state index contributed by atoms with van der Waals surface area (Å²) in [6, 6.07) is 12.0. The zero-order chi connectivity index (χ0) is 19.8. The number of nitrogens with one attached hydrogen (secondary N) is 1. The highest BCUT2D eigenvalue weighted by atomic mass is 16.6. The quantitative estimate of drug-likeness (QED) is 0.726. The number of carbonyl (C=O) groups is 2. The number of carbonyl (C=O) groups excluding carboxylic acids is 2. The Kier molecular flexibility index (Phi) is 7.41. The van der Waals surface area contributed by atoms with Crippen molar-refractivity contribution < 1.29 is 19.1 Å². The van der Waals surface area contributed by atoms with E-state index in [0.29, 0.717) is 12.3 Å². The lowest BCUT2D eigenvalue weighted by atomic mass is 10.1. The maximum atomic E-state index is 11.8. The largest absolute Gasteiger partial charge is 0.481 e. The van der Waals surface area contributed by atoms with Crippen molar-refractivity contribution in [2.24, 2.45) is 0 Å². The molecular weight excluding hydrogens is 342 g/mol. The van der Waals surface area contributed by atoms with E-state index in [1.165, 1.54) is 11.1 Å². The van der Waals surface area contributed by atoms with Crippen LogP contribution in [0, 0.1) is 27.7 Å². The highest BCUT2D eigenvalue weighted by Gasteiger charge is 2.11. The summed E-state index contributed by atoms with van der Waals surface area (Å²) in [5.41, 5.74) is 5.45. The summed E-state index contributed by atoms with van der Waals surface area (Å²) < 4.78 is 10.5. The minimum absolute atomic E-state index is 0.221. The Morgan fingerprint density at radius 2 is 1.59 bits per heavy atom. The first-order chi connectivity index (χ1) is 12.9. The molecular formula is C22H27NO4. The lowest BCUT2D eigenvalue weighted by Crippen LogP contribution is -2.31. The topological polar surface area (TPSA) is 64.6 Å². The molecule has 0 bridgehead atoms. The molecule has 2 rings (SSSR count). The molecule has 1 amide bonds. The van der Waals surface area contributed by atoms with Crippen LogP contribution in [-0.2, 0) is 20.7 Å². The lowest BCUT2D eigenvalue weighted by molar-refractivity contribution is -0.150. The number of rotatable bonds is 8. The van der Waals surface area contributed by atoms with Gasteiger partial charge in [0.15, 0.2) is 13.2 Å². The molecule has 5 nitrogen and oxygen atoms in total. The van der Waals surface area contributed by atoms with E-state index >= 15 is 0 Å². The van der Waals surface area contributed by atoms with Crippen LogP contribution < -0.4 is 10.1 Å². The number of aryl methyl sites for hydroxylation is 4. The molecule has 0 aliphatic heterocycles. The van der Waals surface area contributed by atoms with Gasteiger partial charge in [-0.3, -0.25) is 4.79 Å². The van der Waals surface area contributed by atoms with Crippen molar-refractivity contribution in [3.05, 3.63) is 64.2 Å². The number of ether oxygens (including phenoxy) is 2. The van der Waals surface area contributed by atoms with Crippen molar-refractivity contribution >= 4 is 11.9 Å². The standard InChI is InChI=1S/C22H27NO4/c1-15-11-17(3)22(18(4)12-15)27-14-21(25)26-13-20(24)23-10-9-19-8-6-5-7-16(19)2/h5-8,11-12H,9-10,13-14H2,1-4H3,(H,23,24). The second kappa shape index (κ2) is 9.76. The van der Waals surface area contributed by atoms with Crippen LogP contribution in [0.1, 0.15) is 27.8 Å². The molecule has 0 aromatic heterocycles. The molecule has 0 aliphatic carbocycles. The molecule has 0 fully saturated rings. The fourth-order valence-electron chi connectivity index (χ4n) is 2.99. The van der Waals surface area contributed by atoms with Crippen LogP contribution >= 0.6 is 0 Å². The third-order valence-corrected chi connectivity index (χ3v) is 4.28. The predicted molar refractivity (Wildman–Crippen MR) is 105 cm³/mol. The average Bonchev–Trinajstić information content (AvgIpc) is 2.60. The zero-order valence-electron chi connectivity index (χ0n) is 16.4. The van der Waals surface area contributed by atoms with Gasteiger partial charge in [0.2, 0.25) is 0 Å². The van der Waals surface area contributed by atoms with Crippen LogP contribution in [0.15, 0.2) is 36.4 Å². The summed E-state index contributed by atoms with van der Waals surface area (Å²) in [6.07, 6.45) is 0.738. The van der Waals surface area contributed by atoms with Crippen LogP contribution in [0.25, 0.3) is 0 Å². The van der Waals surface area contributed by atoms with Crippen molar-refractivity contribution in [1.82, 2.24) is 5.32 Å². The van der Waals surface area contributed by atoms with Gasteiger partial charge in [0.1, 0.15) is 5.75 Å². The summed E-state index contributed by atoms with van der Waals surface area (Å²) >= 11 is 0. The van der Waals surface area contributed by atoms with Crippen LogP contribution in [-0.4, -0.2) is 31.6 Å². The third-order valence-electron chi connectivity index (χ3n) is 4.28. The Hall–Kier alpha value is -2.82. The van der Waals surface area contributed by atoms with Gasteiger partial charge in [0, 0.05) is 6.54 Å². The van der Waals surface area contributed by atoms with Gasteiger partial charge in [0.25, 0.3) is 5.91 Å². The van der Waals surface area contributed by atoms with Crippen LogP contribution in [0.2, 0.25) is 0 Å². The molecule has 0 radical (unpaired) electrons. The zero-order valence-corrected chi connectivity index (χ0v) is 16.4. The maximum Gasteiger partial charge on any atom is 0.344 e. The van der Waals surface area contributed by atoms with E-state index in [9.17, 15) is 9.59 Å². The normalized spacial score (nSPS) is 10.4. The van der Waals surface area contributed by atoms with Gasteiger partial charge in [-0.15, -0.1) is 0 Å². The van der Waals surface area contributed by atoms with Gasteiger partial charge in [-0.25, -0.2) is 4.79 Å². The summed E-state index contributed by atoms with van der Waals surface area (Å²) in [7, 11) is 0. The Bertz CT molecular complexity index is 791. The minimum Gasteiger partial charge on any atom is -0.481 e. The summed E-state index contributed by atoms with van der Waals surface area (Å²) in [5.74, 6) is -0.205. The van der Waals surface area contributed by atoms with Crippen LogP contribution in [0.4, 0.5) is 0 Å². The van der Waals surface area contributed by atoms with E-state index in [1.54, 1.807) is 0 Å². The summed E-state index contributed by atoms with van der Waals surface area (Å²) in [4.78, 5) is 23.6. The van der Waals surface area contributed by atoms with E-state index in [-0.39, 0.29) is 19.1 Å². The van der Waals surface area contributed by atoms with Gasteiger partial charge >= 0.3 is 5.97 Å². The number of esters is 1. The van der Waals surface area contributed by atoms with Crippen molar-refractivity contribution in [3.8, 4) is 5.75 Å². The molecule has 0 spiro atoms. The highest BCUT2D eigenvalue weighted by Crippen LogP contribution is 2.24. The first-order valence-electron chi connectivity index (χ1n) is 9.04. The number of hydrogen-bond donors (Lipinski definition) is 1. The first-order valence-corrected chi connectivity index (χ1v) is 9.04. The molecule has 0 aliphatic rings. The molecule has 0 atom stereocenters. The van der Waals surface area contributed by atoms with E-state index in [1.807, 2.05) is 64.1 Å². The average molecular weight is 369 g/mol. The van der Waals surface area contributed by atoms with Gasteiger partial charge in [0.05, 0.1) is 0 Å². The van der Waals surface area contributed by atoms with Gasteiger partial charge in [-0.1, -0.05) is 42.0 Å². The van der Waals surface area contributed by atoms with E-state index in [0.717, 1.165) is 23.1 Å². The third kappa shape index (κ3) is 6.44. The molecule has 2 aromatic carbocycles. The Morgan fingerprint density at radius 3 is 2.26 bits per heavy atom. The highest BCUT2D eigenvalue weighted by molar-refractivity contribution is 5.80. The van der Waals surface area contributed by atoms with Crippen molar-refractivity contribution in [3.63, 3.8) is 0 Å². The first kappa shape index (κ1) is 20.5. The smallest absolute Gasteiger partial charge is 0.344 e. The molecule has 0 heterocycles. The van der Waals surface area contributed by atoms with E-state index < -0.39 is 5.97 Å². The van der Waals surface area contributed by atoms with Crippen molar-refractivity contribution in [2.75, 3.05) is 19.8 Å². The van der Waals surface area contributed by atoms with Crippen molar-refractivity contribution in [2.45, 2.75) is 34.1 Å². The molecule has 2 aromatic rings. The number of benzene rings is 2. The Labute approximate surface area is 160 Å². The maximum absolute atomic E-state index is 11.8. The monoisotopic (exact) mass is 369 g/mol. The molecule has 27 heavy (non-hydrogen) atoms. The van der Waals surface area contributed by atoms with Gasteiger partial charge < -0.3 is 14.8 Å². The fourth-order valence-corrected chi connectivity index (χ4v) is 2.99. The van der Waals surface area contributed by atoms with Crippen LogP contribution in [0.3, 0.4) is 0 Å². The van der Waals surface area contributed by atoms with Crippen LogP contribution in [0.5, 0.6) is 5.75 Å². The SMILES string of the molecule is Cc1cc(C)c(OCC(=O)OCC(=O)NCCc2ccccc2C)c(C)c1. The number of amides is 1. The molecule has 5 heteroatoms. The summed E-state index contributed by atoms with van der Waals surface area (Å²) in [6.45, 7) is 7.89. The molecule has 0 saturated carbocycles. The predicted octanol–water partition coefficient (Wildman–Crippen LogP) is 3.20. The molecule has 0 saturated heterocycles. The Balaban J connectivity index is 1.69. The molecule has 0 unspecified atom stereocenters. The van der Waals surface area contributed by atoms with Crippen molar-refractivity contribution in [1.29, 1.82) is 0 Å². The minimum atomic E-state index is -0.566. The molecule has 144 valence electrons.